The zero-order valence-electron chi connectivity index (χ0n) is 9.47. The molecule has 16 heavy (non-hydrogen) atoms. The Morgan fingerprint density at radius 2 is 2.12 bits per heavy atom. The Bertz CT molecular complexity index is 238. The van der Waals surface area contributed by atoms with Gasteiger partial charge < -0.3 is 20.4 Å². The molecule has 0 heterocycles. The van der Waals surface area contributed by atoms with Crippen LogP contribution in [-0.4, -0.2) is 65.4 Å². The van der Waals surface area contributed by atoms with Crippen molar-refractivity contribution in [2.45, 2.75) is 12.5 Å². The number of carbonyl (C=O) groups excluding carboxylic acids is 1. The number of hydrogen-bond acceptors (Lipinski definition) is 4. The minimum absolute atomic E-state index is 0.146. The number of carboxylic acid groups (broad SMARTS) is 1. The van der Waals surface area contributed by atoms with E-state index in [0.717, 1.165) is 0 Å². The number of rotatable bonds is 7. The Kier molecular flexibility index (Phi) is 7.74. The van der Waals surface area contributed by atoms with E-state index in [4.69, 9.17) is 10.2 Å². The fraction of sp³-hybridized carbons (Fsp3) is 0.778. The number of aliphatic carboxylic acids is 1. The summed E-state index contributed by atoms with van der Waals surface area (Å²) in [6.45, 7) is 0.0349. The number of nitrogens with one attached hydrogen (secondary N) is 1. The van der Waals surface area contributed by atoms with Crippen molar-refractivity contribution < 1.29 is 19.8 Å². The lowest BCUT2D eigenvalue weighted by Gasteiger charge is -2.20. The molecule has 0 aromatic heterocycles. The average molecular weight is 250 g/mol. The van der Waals surface area contributed by atoms with Crippen molar-refractivity contribution in [1.29, 1.82) is 0 Å². The highest BCUT2D eigenvalue weighted by atomic mass is 32.2. The zero-order valence-corrected chi connectivity index (χ0v) is 10.3. The molecule has 0 aliphatic carbocycles. The predicted octanol–water partition coefficient (Wildman–Crippen LogP) is -0.174. The summed E-state index contributed by atoms with van der Waals surface area (Å²) in [6.07, 6.45) is 2.26. The molecule has 0 aliphatic rings. The van der Waals surface area contributed by atoms with Crippen molar-refractivity contribution in [3.05, 3.63) is 0 Å². The predicted molar refractivity (Wildman–Crippen MR) is 62.7 cm³/mol. The van der Waals surface area contributed by atoms with E-state index in [2.05, 4.69) is 5.32 Å². The molecule has 3 N–H and O–H groups in total. The number of urea groups is 1. The molecule has 7 heteroatoms. The smallest absolute Gasteiger partial charge is 0.326 e. The van der Waals surface area contributed by atoms with Crippen molar-refractivity contribution in [3.8, 4) is 0 Å². The maximum absolute atomic E-state index is 11.4. The minimum Gasteiger partial charge on any atom is -0.480 e. The number of aliphatic hydroxyl groups excluding tert-OH is 1. The lowest BCUT2D eigenvalue weighted by molar-refractivity contribution is -0.139. The van der Waals surface area contributed by atoms with Crippen LogP contribution in [0.2, 0.25) is 0 Å². The van der Waals surface area contributed by atoms with Crippen LogP contribution in [0, 0.1) is 0 Å². The molecule has 0 aromatic carbocycles. The van der Waals surface area contributed by atoms with E-state index in [-0.39, 0.29) is 13.2 Å². The van der Waals surface area contributed by atoms with Crippen molar-refractivity contribution in [1.82, 2.24) is 10.2 Å². The number of carbonyl (C=O) groups is 2. The van der Waals surface area contributed by atoms with Crippen molar-refractivity contribution in [3.63, 3.8) is 0 Å². The lowest BCUT2D eigenvalue weighted by Crippen LogP contribution is -2.47. The SMILES string of the molecule is CSCC[C@H](NC(=O)N(C)CCO)C(=O)O. The first-order valence-corrected chi connectivity index (χ1v) is 6.26. The Morgan fingerprint density at radius 3 is 2.56 bits per heavy atom. The second-order valence-electron chi connectivity index (χ2n) is 3.27. The van der Waals surface area contributed by atoms with E-state index < -0.39 is 18.0 Å². The Hall–Kier alpha value is -0.950. The first kappa shape index (κ1) is 15.0. The maximum atomic E-state index is 11.4. The van der Waals surface area contributed by atoms with Gasteiger partial charge in [0.15, 0.2) is 0 Å². The lowest BCUT2D eigenvalue weighted by atomic mass is 10.2. The van der Waals surface area contributed by atoms with Crippen LogP contribution in [0.4, 0.5) is 4.79 Å². The summed E-state index contributed by atoms with van der Waals surface area (Å²) in [7, 11) is 1.50. The second-order valence-corrected chi connectivity index (χ2v) is 4.25. The molecule has 0 saturated heterocycles. The highest BCUT2D eigenvalue weighted by molar-refractivity contribution is 7.98. The van der Waals surface area contributed by atoms with E-state index in [0.29, 0.717) is 12.2 Å². The second kappa shape index (κ2) is 8.23. The fourth-order valence-corrected chi connectivity index (χ4v) is 1.48. The molecule has 0 aliphatic heterocycles. The monoisotopic (exact) mass is 250 g/mol. The summed E-state index contributed by atoms with van der Waals surface area (Å²) < 4.78 is 0. The first-order chi connectivity index (χ1) is 7.52. The van der Waals surface area contributed by atoms with Gasteiger partial charge in [0, 0.05) is 13.6 Å². The van der Waals surface area contributed by atoms with E-state index >= 15 is 0 Å². The molecule has 0 radical (unpaired) electrons. The molecule has 0 rings (SSSR count). The summed E-state index contributed by atoms with van der Waals surface area (Å²) >= 11 is 1.52. The van der Waals surface area contributed by atoms with Crippen LogP contribution in [-0.2, 0) is 4.79 Å². The van der Waals surface area contributed by atoms with Gasteiger partial charge in [-0.05, 0) is 18.4 Å². The number of thioether (sulfide) groups is 1. The van der Waals surface area contributed by atoms with Gasteiger partial charge in [0.1, 0.15) is 6.04 Å². The zero-order chi connectivity index (χ0) is 12.6. The topological polar surface area (TPSA) is 89.9 Å². The quantitative estimate of drug-likeness (QED) is 0.583. The number of aliphatic hydroxyl groups is 1. The third-order valence-corrected chi connectivity index (χ3v) is 2.63. The number of likely N-dealkylation sites (N-methyl/N-ethyl adjacent to an activating group) is 1. The van der Waals surface area contributed by atoms with Crippen LogP contribution in [0.3, 0.4) is 0 Å². The molecule has 6 nitrogen and oxygen atoms in total. The molecular formula is C9H18N2O4S. The summed E-state index contributed by atoms with van der Waals surface area (Å²) in [5.74, 6) is -0.374. The normalized spacial score (nSPS) is 11.9. The Morgan fingerprint density at radius 1 is 1.50 bits per heavy atom. The van der Waals surface area contributed by atoms with E-state index in [1.54, 1.807) is 0 Å². The van der Waals surface area contributed by atoms with Crippen LogP contribution in [0.1, 0.15) is 6.42 Å². The first-order valence-electron chi connectivity index (χ1n) is 4.87. The fourth-order valence-electron chi connectivity index (χ4n) is 1.00. The van der Waals surface area contributed by atoms with Crippen molar-refractivity contribution in [2.24, 2.45) is 0 Å². The van der Waals surface area contributed by atoms with Gasteiger partial charge in [0.25, 0.3) is 0 Å². The van der Waals surface area contributed by atoms with Gasteiger partial charge >= 0.3 is 12.0 Å². The highest BCUT2D eigenvalue weighted by Gasteiger charge is 2.20. The molecular weight excluding hydrogens is 232 g/mol. The van der Waals surface area contributed by atoms with Gasteiger partial charge in [-0.15, -0.1) is 0 Å². The molecule has 0 saturated carbocycles. The molecule has 0 unspecified atom stereocenters. The molecule has 2 amide bonds. The Labute approximate surface area is 99.0 Å². The number of nitrogens with zero attached hydrogens (tertiary/aromatic N) is 1. The largest absolute Gasteiger partial charge is 0.480 e. The molecule has 0 aromatic rings. The molecule has 94 valence electrons. The van der Waals surface area contributed by atoms with Crippen LogP contribution in [0.15, 0.2) is 0 Å². The van der Waals surface area contributed by atoms with Crippen LogP contribution in [0.25, 0.3) is 0 Å². The van der Waals surface area contributed by atoms with E-state index in [9.17, 15) is 9.59 Å². The summed E-state index contributed by atoms with van der Waals surface area (Å²) in [4.78, 5) is 23.5. The van der Waals surface area contributed by atoms with Gasteiger partial charge in [-0.1, -0.05) is 0 Å². The maximum Gasteiger partial charge on any atom is 0.326 e. The van der Waals surface area contributed by atoms with E-state index in [1.165, 1.54) is 23.7 Å². The minimum atomic E-state index is -1.04. The van der Waals surface area contributed by atoms with E-state index in [1.807, 2.05) is 6.26 Å². The number of carboxylic acids is 1. The summed E-state index contributed by atoms with van der Waals surface area (Å²) in [5, 5.41) is 19.9. The van der Waals surface area contributed by atoms with Gasteiger partial charge in [-0.2, -0.15) is 11.8 Å². The third kappa shape index (κ3) is 5.82. The van der Waals surface area contributed by atoms with Gasteiger partial charge in [-0.3, -0.25) is 0 Å². The van der Waals surface area contributed by atoms with Gasteiger partial charge in [-0.25, -0.2) is 9.59 Å². The van der Waals surface area contributed by atoms with Gasteiger partial charge in [0.05, 0.1) is 6.61 Å². The Balaban J connectivity index is 4.17. The summed E-state index contributed by atoms with van der Waals surface area (Å²) in [6, 6.07) is -1.36. The average Bonchev–Trinajstić information content (AvgIpc) is 2.23. The van der Waals surface area contributed by atoms with Gasteiger partial charge in [0.2, 0.25) is 0 Å². The van der Waals surface area contributed by atoms with Crippen LogP contribution in [0.5, 0.6) is 0 Å². The summed E-state index contributed by atoms with van der Waals surface area (Å²) in [5.41, 5.74) is 0. The van der Waals surface area contributed by atoms with Crippen molar-refractivity contribution >= 4 is 23.8 Å². The van der Waals surface area contributed by atoms with Crippen molar-refractivity contribution in [2.75, 3.05) is 32.2 Å². The third-order valence-electron chi connectivity index (χ3n) is 1.99. The number of amides is 2. The number of hydrogen-bond donors (Lipinski definition) is 3. The van der Waals surface area contributed by atoms with Crippen LogP contribution >= 0.6 is 11.8 Å². The molecule has 1 atom stereocenters. The highest BCUT2D eigenvalue weighted by Crippen LogP contribution is 2.01. The molecule has 0 spiro atoms. The standard InChI is InChI=1S/C9H18N2O4S/c1-11(4-5-12)9(15)10-7(8(13)14)3-6-16-2/h7,12H,3-6H2,1-2H3,(H,10,15)(H,13,14)/t7-/m0/s1. The van der Waals surface area contributed by atoms with Crippen LogP contribution < -0.4 is 5.32 Å². The molecule has 0 fully saturated rings. The molecule has 0 bridgehead atoms.